The minimum absolute atomic E-state index is 1.09. The molecule has 14 rings (SSSR count). The quantitative estimate of drug-likeness (QED) is 0.134. The molecule has 0 saturated heterocycles. The van der Waals surface area contributed by atoms with Crippen LogP contribution in [-0.4, -0.2) is 20.8 Å². The van der Waals surface area contributed by atoms with Crippen molar-refractivity contribution in [1.82, 2.24) is 4.57 Å². The fourth-order valence-electron chi connectivity index (χ4n) is 13.3. The van der Waals surface area contributed by atoms with E-state index >= 15 is 0 Å². The van der Waals surface area contributed by atoms with Crippen molar-refractivity contribution in [2.75, 3.05) is 19.6 Å². The maximum atomic E-state index is 2.64. The third-order valence-corrected chi connectivity index (χ3v) is 23.3. The number of aromatic nitrogens is 1. The Morgan fingerprint density at radius 2 is 0.641 bits per heavy atom. The Kier molecular flexibility index (Phi) is 11.5. The number of nitrogens with zero attached hydrogens (tertiary/aromatic N) is 5. The summed E-state index contributed by atoms with van der Waals surface area (Å²) in [4.78, 5) is 10.0. The van der Waals surface area contributed by atoms with E-state index in [-0.39, 0.29) is 0 Å². The summed E-state index contributed by atoms with van der Waals surface area (Å²) in [6.07, 6.45) is 0. The van der Waals surface area contributed by atoms with Gasteiger partial charge in [0.25, 0.3) is 0 Å². The number of benzene rings is 11. The number of fused-ring (bicyclic) bond motifs is 7. The molecule has 0 radical (unpaired) electrons. The van der Waals surface area contributed by atoms with Gasteiger partial charge in [-0.1, -0.05) is 72.8 Å². The number of hydrogen-bond acceptors (Lipinski definition) is 4. The van der Waals surface area contributed by atoms with Crippen molar-refractivity contribution in [3.63, 3.8) is 0 Å². The first kappa shape index (κ1) is 47.5. The Hall–Kier alpha value is -8.94. The van der Waals surface area contributed by atoms with Crippen molar-refractivity contribution in [2.24, 2.45) is 0 Å². The van der Waals surface area contributed by atoms with Gasteiger partial charge in [0, 0.05) is 0 Å². The molecule has 0 fully saturated rings. The Morgan fingerprint density at radius 3 is 1.00 bits per heavy atom. The standard InChI is InChI=1S/C72H58N5.Ga/c1-50-41-52(3)71(53(4)42-50)75(60-33-21-11-22-34-60)64-45-65(76(61-35-23-12-24-36-61)72-54(5)43-51(2)44-55(72)6)47-66(46-64)77-69-39-37-62(73(56-25-13-7-14-26-56)57-27-15-8-16-28-57)48-67(69)68-49-63(38-40-70(68)77)74(58-29-17-9-18-30-58)59-31-19-10-20-32-59;/h7-33,35,37-44,46-49H,1-6H3;. The van der Waals surface area contributed by atoms with E-state index in [4.69, 9.17) is 0 Å². The summed E-state index contributed by atoms with van der Waals surface area (Å²) < 4.78 is 7.04. The third kappa shape index (κ3) is 7.69. The molecule has 374 valence electrons. The SMILES string of the molecule is Cc1cc(C)c(N2c3cccc[c]3[Ga]3[c]4ccccc4N(c4c(C)cc(C)cc4C)c4cc(-n5c6ccc(N(c7ccccc7)c7ccccc7)cc6c6cc(N(c7ccccc7)c7ccccc7)ccc65)cc2[c]43)c(C)c1. The molecule has 0 amide bonds. The molecule has 6 heteroatoms. The van der Waals surface area contributed by atoms with E-state index in [1.54, 1.807) is 0 Å². The summed E-state index contributed by atoms with van der Waals surface area (Å²) in [6, 6.07) is 90.5. The van der Waals surface area contributed by atoms with E-state index in [9.17, 15) is 0 Å². The van der Waals surface area contributed by atoms with E-state index in [0.29, 0.717) is 0 Å². The van der Waals surface area contributed by atoms with Crippen LogP contribution < -0.4 is 32.0 Å². The van der Waals surface area contributed by atoms with Crippen molar-refractivity contribution >= 4 is 119 Å². The van der Waals surface area contributed by atoms with Crippen LogP contribution in [0.4, 0.5) is 68.2 Å². The fraction of sp³-hybridized carbons (Fsp3) is 0.0833. The average molecular weight is 1060 g/mol. The average Bonchev–Trinajstić information content (AvgIpc) is 3.82. The summed E-state index contributed by atoms with van der Waals surface area (Å²) in [5.41, 5.74) is 25.2. The maximum absolute atomic E-state index is 2.85. The van der Waals surface area contributed by atoms with Gasteiger partial charge >= 0.3 is 393 Å². The molecule has 5 nitrogen and oxygen atoms in total. The molecule has 78 heavy (non-hydrogen) atoms. The number of rotatable bonds is 9. The second-order valence-electron chi connectivity index (χ2n) is 21.4. The van der Waals surface area contributed by atoms with Gasteiger partial charge in [0.1, 0.15) is 0 Å². The Bertz CT molecular complexity index is 3910. The molecular weight excluding hydrogens is 1000 g/mol. The molecule has 0 bridgehead atoms. The van der Waals surface area contributed by atoms with E-state index in [2.05, 4.69) is 308 Å². The molecule has 0 atom stereocenters. The van der Waals surface area contributed by atoms with Gasteiger partial charge in [-0.2, -0.15) is 0 Å². The number of para-hydroxylation sites is 6. The number of aryl methyl sites for hydroxylation is 6. The number of hydrogen-bond donors (Lipinski definition) is 0. The monoisotopic (exact) mass is 1060 g/mol. The van der Waals surface area contributed by atoms with Crippen molar-refractivity contribution in [1.29, 1.82) is 0 Å². The van der Waals surface area contributed by atoms with Gasteiger partial charge in [-0.3, -0.25) is 0 Å². The van der Waals surface area contributed by atoms with Crippen LogP contribution in [0.5, 0.6) is 0 Å². The molecule has 1 aromatic heterocycles. The number of anilines is 12. The zero-order chi connectivity index (χ0) is 52.8. The van der Waals surface area contributed by atoms with Crippen LogP contribution in [0, 0.1) is 41.5 Å². The van der Waals surface area contributed by atoms with Gasteiger partial charge in [-0.15, -0.1) is 0 Å². The molecule has 11 aromatic carbocycles. The van der Waals surface area contributed by atoms with E-state index in [1.165, 1.54) is 90.6 Å². The van der Waals surface area contributed by atoms with Crippen LogP contribution in [0.25, 0.3) is 27.5 Å². The molecule has 0 unspecified atom stereocenters. The molecule has 0 aliphatic carbocycles. The van der Waals surface area contributed by atoms with Crippen LogP contribution >= 0.6 is 0 Å². The van der Waals surface area contributed by atoms with Crippen molar-refractivity contribution in [3.05, 3.63) is 276 Å². The zero-order valence-corrected chi connectivity index (χ0v) is 47.3. The second kappa shape index (κ2) is 19.0. The van der Waals surface area contributed by atoms with Crippen LogP contribution in [0.15, 0.2) is 243 Å². The van der Waals surface area contributed by atoms with Crippen molar-refractivity contribution in [2.45, 2.75) is 41.5 Å². The molecule has 3 heterocycles. The summed E-state index contributed by atoms with van der Waals surface area (Å²) in [5.74, 6) is 0. The van der Waals surface area contributed by atoms with Crippen molar-refractivity contribution in [3.8, 4) is 5.69 Å². The first-order valence-electron chi connectivity index (χ1n) is 27.2. The first-order chi connectivity index (χ1) is 38.2. The topological polar surface area (TPSA) is 17.9 Å². The van der Waals surface area contributed by atoms with Crippen LogP contribution in [0.2, 0.25) is 0 Å². The summed E-state index contributed by atoms with van der Waals surface area (Å²) in [5, 5.41) is 2.34. The van der Waals surface area contributed by atoms with Crippen LogP contribution in [-0.2, 0) is 0 Å². The van der Waals surface area contributed by atoms with Gasteiger partial charge in [-0.05, 0) is 0 Å². The third-order valence-electron chi connectivity index (χ3n) is 16.2. The van der Waals surface area contributed by atoms with Gasteiger partial charge < -0.3 is 0 Å². The zero-order valence-electron chi connectivity index (χ0n) is 44.9. The van der Waals surface area contributed by atoms with Gasteiger partial charge in [0.15, 0.2) is 0 Å². The van der Waals surface area contributed by atoms with E-state index < -0.39 is 16.2 Å². The predicted octanol–water partition coefficient (Wildman–Crippen LogP) is 17.7. The first-order valence-corrected chi connectivity index (χ1v) is 30.8. The molecular formula is C72H58GaN5. The van der Waals surface area contributed by atoms with Gasteiger partial charge in [0.05, 0.1) is 0 Å². The minimum atomic E-state index is -2.85. The summed E-state index contributed by atoms with van der Waals surface area (Å²) in [7, 11) is 0. The summed E-state index contributed by atoms with van der Waals surface area (Å²) >= 11 is -2.85. The van der Waals surface area contributed by atoms with Crippen LogP contribution in [0.3, 0.4) is 0 Å². The molecule has 0 saturated carbocycles. The van der Waals surface area contributed by atoms with E-state index in [0.717, 1.165) is 50.8 Å². The predicted molar refractivity (Wildman–Crippen MR) is 333 cm³/mol. The Labute approximate surface area is 463 Å². The van der Waals surface area contributed by atoms with Crippen molar-refractivity contribution < 1.29 is 0 Å². The van der Waals surface area contributed by atoms with E-state index in [1.807, 2.05) is 0 Å². The molecule has 0 spiro atoms. The Balaban J connectivity index is 1.11. The molecule has 2 aliphatic rings. The fourth-order valence-corrected chi connectivity index (χ4v) is 20.9. The van der Waals surface area contributed by atoms with Gasteiger partial charge in [-0.25, -0.2) is 0 Å². The second-order valence-corrected chi connectivity index (χ2v) is 27.0. The Morgan fingerprint density at radius 1 is 0.308 bits per heavy atom. The molecule has 12 aromatic rings. The van der Waals surface area contributed by atoms with Gasteiger partial charge in [0.2, 0.25) is 0 Å². The van der Waals surface area contributed by atoms with Crippen LogP contribution in [0.1, 0.15) is 33.4 Å². The summed E-state index contributed by atoms with van der Waals surface area (Å²) in [6.45, 7) is 13.6. The molecule has 2 aliphatic heterocycles. The molecule has 0 N–H and O–H groups in total. The normalized spacial score (nSPS) is 12.4.